The highest BCUT2D eigenvalue weighted by Gasteiger charge is 2.40. The average molecular weight is 196 g/mol. The van der Waals surface area contributed by atoms with E-state index >= 15 is 0 Å². The lowest BCUT2D eigenvalue weighted by atomic mass is 9.78. The first-order valence-electron chi connectivity index (χ1n) is 5.09. The molecule has 0 fully saturated rings. The summed E-state index contributed by atoms with van der Waals surface area (Å²) in [5.74, 6) is 0.393. The summed E-state index contributed by atoms with van der Waals surface area (Å²) < 4.78 is 10.9. The maximum Gasteiger partial charge on any atom is 0.190 e. The van der Waals surface area contributed by atoms with Crippen LogP contribution in [0.4, 0.5) is 0 Å². The summed E-state index contributed by atoms with van der Waals surface area (Å²) in [7, 11) is 3.39. The van der Waals surface area contributed by atoms with Crippen LogP contribution in [-0.4, -0.2) is 20.0 Å². The Labute approximate surface area is 86.6 Å². The Hall–Kier alpha value is -0.600. The lowest BCUT2D eigenvalue weighted by Crippen LogP contribution is -2.44. The minimum absolute atomic E-state index is 0.362. The Balaban J connectivity index is 2.82. The molecule has 0 radical (unpaired) electrons. The fourth-order valence-electron chi connectivity index (χ4n) is 2.20. The topological polar surface area (TPSA) is 18.5 Å². The van der Waals surface area contributed by atoms with E-state index in [4.69, 9.17) is 9.47 Å². The molecule has 2 atom stereocenters. The van der Waals surface area contributed by atoms with Gasteiger partial charge in [0.2, 0.25) is 0 Å². The number of methoxy groups -OCH3 is 2. The third-order valence-electron chi connectivity index (χ3n) is 3.24. The van der Waals surface area contributed by atoms with Crippen LogP contribution in [0.2, 0.25) is 0 Å². The maximum absolute atomic E-state index is 5.47. The highest BCUT2D eigenvalue weighted by Crippen LogP contribution is 2.37. The van der Waals surface area contributed by atoms with Crippen LogP contribution in [-0.2, 0) is 9.47 Å². The van der Waals surface area contributed by atoms with E-state index in [1.54, 1.807) is 14.2 Å². The van der Waals surface area contributed by atoms with Crippen molar-refractivity contribution in [3.8, 4) is 0 Å². The van der Waals surface area contributed by atoms with Gasteiger partial charge < -0.3 is 9.47 Å². The summed E-state index contributed by atoms with van der Waals surface area (Å²) in [6.07, 6.45) is 8.23. The first-order valence-corrected chi connectivity index (χ1v) is 5.09. The smallest absolute Gasteiger partial charge is 0.190 e. The zero-order valence-corrected chi connectivity index (χ0v) is 9.32. The Morgan fingerprint density at radius 1 is 1.50 bits per heavy atom. The highest BCUT2D eigenvalue weighted by molar-refractivity contribution is 5.07. The molecule has 14 heavy (non-hydrogen) atoms. The number of rotatable bonds is 4. The van der Waals surface area contributed by atoms with Crippen molar-refractivity contribution in [2.75, 3.05) is 14.2 Å². The Morgan fingerprint density at radius 3 is 2.64 bits per heavy atom. The van der Waals surface area contributed by atoms with Crippen molar-refractivity contribution in [3.63, 3.8) is 0 Å². The largest absolute Gasteiger partial charge is 0.349 e. The second-order valence-electron chi connectivity index (χ2n) is 3.84. The summed E-state index contributed by atoms with van der Waals surface area (Å²) in [5.41, 5.74) is 0. The van der Waals surface area contributed by atoms with E-state index in [0.717, 1.165) is 12.8 Å². The monoisotopic (exact) mass is 196 g/mol. The third kappa shape index (κ3) is 1.91. The molecule has 0 bridgehead atoms. The lowest BCUT2D eigenvalue weighted by Gasteiger charge is -2.40. The van der Waals surface area contributed by atoms with E-state index in [1.807, 2.05) is 12.2 Å². The minimum atomic E-state index is -0.536. The van der Waals surface area contributed by atoms with Gasteiger partial charge >= 0.3 is 0 Å². The second-order valence-corrected chi connectivity index (χ2v) is 3.84. The van der Waals surface area contributed by atoms with Gasteiger partial charge in [0.1, 0.15) is 0 Å². The molecule has 2 unspecified atom stereocenters. The van der Waals surface area contributed by atoms with Gasteiger partial charge in [-0.05, 0) is 24.8 Å². The molecule has 0 saturated heterocycles. The fraction of sp³-hybridized carbons (Fsp3) is 0.667. The Kier molecular flexibility index (Phi) is 3.90. The van der Waals surface area contributed by atoms with Gasteiger partial charge in [0.25, 0.3) is 0 Å². The standard InChI is InChI=1S/C12H20O2/c1-5-7-11-8-6-9-12(13-3,14-4)10(11)2/h5-6,9-11H,1,7-8H2,2-4H3. The van der Waals surface area contributed by atoms with Crippen molar-refractivity contribution in [2.24, 2.45) is 11.8 Å². The fourth-order valence-corrected chi connectivity index (χ4v) is 2.20. The van der Waals surface area contributed by atoms with Crippen molar-refractivity contribution in [1.29, 1.82) is 0 Å². The van der Waals surface area contributed by atoms with E-state index in [0.29, 0.717) is 11.8 Å². The van der Waals surface area contributed by atoms with E-state index in [9.17, 15) is 0 Å². The van der Waals surface area contributed by atoms with Crippen LogP contribution in [0, 0.1) is 11.8 Å². The molecule has 1 aliphatic carbocycles. The molecular formula is C12H20O2. The van der Waals surface area contributed by atoms with Crippen LogP contribution in [0.5, 0.6) is 0 Å². The van der Waals surface area contributed by atoms with Gasteiger partial charge in [0.15, 0.2) is 5.79 Å². The van der Waals surface area contributed by atoms with E-state index in [-0.39, 0.29) is 0 Å². The predicted octanol–water partition coefficient (Wildman–Crippen LogP) is 2.76. The van der Waals surface area contributed by atoms with E-state index < -0.39 is 5.79 Å². The van der Waals surface area contributed by atoms with Gasteiger partial charge in [-0.15, -0.1) is 6.58 Å². The normalized spacial score (nSPS) is 30.2. The quantitative estimate of drug-likeness (QED) is 0.508. The zero-order valence-electron chi connectivity index (χ0n) is 9.32. The highest BCUT2D eigenvalue weighted by atomic mass is 16.7. The first kappa shape index (κ1) is 11.5. The third-order valence-corrected chi connectivity index (χ3v) is 3.24. The van der Waals surface area contributed by atoms with Gasteiger partial charge in [-0.1, -0.05) is 19.1 Å². The van der Waals surface area contributed by atoms with Gasteiger partial charge in [0, 0.05) is 20.1 Å². The number of ether oxygens (including phenoxy) is 2. The van der Waals surface area contributed by atoms with Crippen molar-refractivity contribution in [3.05, 3.63) is 24.8 Å². The summed E-state index contributed by atoms with van der Waals surface area (Å²) >= 11 is 0. The van der Waals surface area contributed by atoms with Crippen molar-refractivity contribution >= 4 is 0 Å². The van der Waals surface area contributed by atoms with Crippen molar-refractivity contribution in [2.45, 2.75) is 25.6 Å². The molecule has 0 spiro atoms. The van der Waals surface area contributed by atoms with Crippen LogP contribution >= 0.6 is 0 Å². The zero-order chi connectivity index (χ0) is 10.6. The van der Waals surface area contributed by atoms with Gasteiger partial charge in [-0.3, -0.25) is 0 Å². The molecule has 0 N–H and O–H groups in total. The summed E-state index contributed by atoms with van der Waals surface area (Å²) in [6.45, 7) is 5.95. The van der Waals surface area contributed by atoms with E-state index in [1.165, 1.54) is 0 Å². The minimum Gasteiger partial charge on any atom is -0.349 e. The van der Waals surface area contributed by atoms with Crippen LogP contribution in [0.15, 0.2) is 24.8 Å². The predicted molar refractivity (Wildman–Crippen MR) is 58.0 cm³/mol. The molecule has 2 nitrogen and oxygen atoms in total. The second kappa shape index (κ2) is 4.76. The number of hydrogen-bond donors (Lipinski definition) is 0. The van der Waals surface area contributed by atoms with Gasteiger partial charge in [0.05, 0.1) is 0 Å². The summed E-state index contributed by atoms with van der Waals surface area (Å²) in [4.78, 5) is 0. The average Bonchev–Trinajstić information content (AvgIpc) is 2.22. The molecule has 0 heterocycles. The summed E-state index contributed by atoms with van der Waals surface area (Å²) in [5, 5.41) is 0. The molecule has 0 aromatic carbocycles. The molecule has 0 aromatic heterocycles. The molecular weight excluding hydrogens is 176 g/mol. The van der Waals surface area contributed by atoms with Gasteiger partial charge in [-0.25, -0.2) is 0 Å². The molecule has 2 heteroatoms. The molecule has 0 aromatic rings. The Morgan fingerprint density at radius 2 is 2.14 bits per heavy atom. The van der Waals surface area contributed by atoms with Crippen LogP contribution < -0.4 is 0 Å². The van der Waals surface area contributed by atoms with Crippen LogP contribution in [0.1, 0.15) is 19.8 Å². The SMILES string of the molecule is C=CCC1CC=CC(OC)(OC)C1C. The van der Waals surface area contributed by atoms with Crippen molar-refractivity contribution < 1.29 is 9.47 Å². The van der Waals surface area contributed by atoms with Crippen molar-refractivity contribution in [1.82, 2.24) is 0 Å². The van der Waals surface area contributed by atoms with Crippen LogP contribution in [0.25, 0.3) is 0 Å². The molecule has 0 amide bonds. The maximum atomic E-state index is 5.47. The molecule has 0 saturated carbocycles. The van der Waals surface area contributed by atoms with Crippen LogP contribution in [0.3, 0.4) is 0 Å². The lowest BCUT2D eigenvalue weighted by molar-refractivity contribution is -0.214. The molecule has 80 valence electrons. The van der Waals surface area contributed by atoms with Gasteiger partial charge in [-0.2, -0.15) is 0 Å². The van der Waals surface area contributed by atoms with E-state index in [2.05, 4.69) is 19.6 Å². The number of hydrogen-bond acceptors (Lipinski definition) is 2. The first-order chi connectivity index (χ1) is 6.70. The molecule has 0 aliphatic heterocycles. The Bertz CT molecular complexity index is 216. The molecule has 1 aliphatic rings. The summed E-state index contributed by atoms with van der Waals surface area (Å²) in [6, 6.07) is 0. The number of allylic oxidation sites excluding steroid dienone is 2. The molecule has 1 rings (SSSR count).